The van der Waals surface area contributed by atoms with E-state index in [2.05, 4.69) is 50.9 Å². The van der Waals surface area contributed by atoms with Crippen LogP contribution in [0.1, 0.15) is 17.5 Å². The summed E-state index contributed by atoms with van der Waals surface area (Å²) in [4.78, 5) is 6.80. The van der Waals surface area contributed by atoms with Crippen LogP contribution in [0.3, 0.4) is 0 Å². The van der Waals surface area contributed by atoms with Crippen molar-refractivity contribution in [2.45, 2.75) is 26.0 Å². The number of hydrogen-bond donors (Lipinski definition) is 1. The van der Waals surface area contributed by atoms with Crippen LogP contribution in [-0.4, -0.2) is 43.6 Å². The van der Waals surface area contributed by atoms with Gasteiger partial charge in [0.25, 0.3) is 0 Å². The molecule has 6 nitrogen and oxygen atoms in total. The van der Waals surface area contributed by atoms with E-state index in [1.165, 1.54) is 12.1 Å². The lowest BCUT2D eigenvalue weighted by Gasteiger charge is -2.21. The van der Waals surface area contributed by atoms with Crippen molar-refractivity contribution in [1.29, 1.82) is 0 Å². The third-order valence-corrected chi connectivity index (χ3v) is 6.30. The van der Waals surface area contributed by atoms with Gasteiger partial charge in [-0.15, -0.1) is 0 Å². The summed E-state index contributed by atoms with van der Waals surface area (Å²) in [5, 5.41) is 14.5. The molecule has 6 rings (SSSR count). The number of hydrogen-bond acceptors (Lipinski definition) is 4. The number of fused-ring (bicyclic) bond motifs is 5. The number of aliphatic hydroxyl groups is 1. The van der Waals surface area contributed by atoms with Gasteiger partial charge in [-0.05, 0) is 60.4 Å². The van der Waals surface area contributed by atoms with E-state index in [9.17, 15) is 9.50 Å². The van der Waals surface area contributed by atoms with Gasteiger partial charge in [-0.25, -0.2) is 14.1 Å². The van der Waals surface area contributed by atoms with Gasteiger partial charge >= 0.3 is 0 Å². The van der Waals surface area contributed by atoms with E-state index in [4.69, 9.17) is 0 Å². The second-order valence-corrected chi connectivity index (χ2v) is 8.40. The zero-order valence-electron chi connectivity index (χ0n) is 17.2. The third kappa shape index (κ3) is 2.96. The van der Waals surface area contributed by atoms with Crippen LogP contribution in [-0.2, 0) is 6.54 Å². The summed E-state index contributed by atoms with van der Waals surface area (Å²) in [6, 6.07) is 13.0. The number of anilines is 1. The van der Waals surface area contributed by atoms with Gasteiger partial charge in [0.1, 0.15) is 12.1 Å². The molecule has 1 saturated heterocycles. The lowest BCUT2D eigenvalue weighted by molar-refractivity contribution is 0.198. The predicted octanol–water partition coefficient (Wildman–Crippen LogP) is 3.78. The Morgan fingerprint density at radius 3 is 2.71 bits per heavy atom. The molecule has 1 atom stereocenters. The van der Waals surface area contributed by atoms with E-state index < -0.39 is 0 Å². The van der Waals surface area contributed by atoms with Crippen molar-refractivity contribution in [2.24, 2.45) is 0 Å². The van der Waals surface area contributed by atoms with Crippen molar-refractivity contribution < 1.29 is 9.50 Å². The molecule has 0 spiro atoms. The fraction of sp³-hybridized carbons (Fsp3) is 0.250. The van der Waals surface area contributed by atoms with Crippen LogP contribution in [0.5, 0.6) is 0 Å². The monoisotopic (exact) mass is 415 g/mol. The van der Waals surface area contributed by atoms with Crippen molar-refractivity contribution in [1.82, 2.24) is 19.3 Å². The van der Waals surface area contributed by atoms with Gasteiger partial charge in [0.2, 0.25) is 0 Å². The maximum absolute atomic E-state index is 13.4. The van der Waals surface area contributed by atoms with E-state index in [1.807, 2.05) is 4.68 Å². The lowest BCUT2D eigenvalue weighted by Crippen LogP contribution is -2.21. The normalized spacial score (nSPS) is 17.3. The fourth-order valence-electron chi connectivity index (χ4n) is 4.81. The Bertz CT molecular complexity index is 1290. The predicted molar refractivity (Wildman–Crippen MR) is 117 cm³/mol. The number of aromatic nitrogens is 4. The second kappa shape index (κ2) is 6.78. The van der Waals surface area contributed by atoms with Gasteiger partial charge in [0.15, 0.2) is 5.82 Å². The Morgan fingerprint density at radius 1 is 1.10 bits per heavy atom. The summed E-state index contributed by atoms with van der Waals surface area (Å²) in [5.41, 5.74) is 7.43. The number of aryl methyl sites for hydroxylation is 1. The first-order valence-electron chi connectivity index (χ1n) is 10.5. The summed E-state index contributed by atoms with van der Waals surface area (Å²) in [6.45, 7) is 4.31. The molecule has 2 aliphatic heterocycles. The Kier molecular flexibility index (Phi) is 4.01. The average Bonchev–Trinajstić information content (AvgIpc) is 3.47. The minimum atomic E-state index is -0.268. The van der Waals surface area contributed by atoms with E-state index in [1.54, 1.807) is 18.5 Å². The molecule has 31 heavy (non-hydrogen) atoms. The molecule has 2 aromatic carbocycles. The molecule has 156 valence electrons. The fourth-order valence-corrected chi connectivity index (χ4v) is 4.81. The Labute approximate surface area is 179 Å². The highest BCUT2D eigenvalue weighted by atomic mass is 19.1. The molecule has 1 unspecified atom stereocenters. The van der Waals surface area contributed by atoms with Crippen LogP contribution in [0, 0.1) is 12.7 Å². The van der Waals surface area contributed by atoms with Gasteiger partial charge < -0.3 is 14.6 Å². The summed E-state index contributed by atoms with van der Waals surface area (Å²) in [5.74, 6) is 0.549. The maximum Gasteiger partial charge on any atom is 0.179 e. The van der Waals surface area contributed by atoms with Gasteiger partial charge in [-0.2, -0.15) is 5.10 Å². The van der Waals surface area contributed by atoms with E-state index in [0.29, 0.717) is 13.1 Å². The molecule has 2 aliphatic rings. The van der Waals surface area contributed by atoms with E-state index >= 15 is 0 Å². The molecule has 2 aromatic heterocycles. The minimum Gasteiger partial charge on any atom is -0.391 e. The van der Waals surface area contributed by atoms with Crippen LogP contribution < -0.4 is 4.90 Å². The molecule has 0 aliphatic carbocycles. The summed E-state index contributed by atoms with van der Waals surface area (Å²) in [6.07, 6.45) is 4.21. The molecule has 1 fully saturated rings. The quantitative estimate of drug-likeness (QED) is 0.477. The molecule has 0 bridgehead atoms. The standard InChI is InChI=1S/C24H22FN5O/c1-15-8-20(28-7-6-21(31)13-28)9-18-12-29-11-17(16-2-4-19(25)5-3-16)10-22(29)24-26-14-27-30(24)23(15)18/h2-5,8-11,14,21,31H,6-7,12-13H2,1H3. The second-order valence-electron chi connectivity index (χ2n) is 8.40. The van der Waals surface area contributed by atoms with Gasteiger partial charge in [-0.1, -0.05) is 12.1 Å². The number of nitrogens with zero attached hydrogens (tertiary/aromatic N) is 5. The highest BCUT2D eigenvalue weighted by molar-refractivity contribution is 5.72. The summed E-state index contributed by atoms with van der Waals surface area (Å²) < 4.78 is 17.5. The minimum absolute atomic E-state index is 0.242. The first kappa shape index (κ1) is 18.3. The zero-order valence-corrected chi connectivity index (χ0v) is 17.2. The van der Waals surface area contributed by atoms with Gasteiger partial charge in [0.05, 0.1) is 17.5 Å². The molecule has 7 heteroatoms. The smallest absolute Gasteiger partial charge is 0.179 e. The first-order chi connectivity index (χ1) is 15.1. The molecule has 0 saturated carbocycles. The highest BCUT2D eigenvalue weighted by Gasteiger charge is 2.26. The van der Waals surface area contributed by atoms with Crippen LogP contribution in [0.2, 0.25) is 0 Å². The Morgan fingerprint density at radius 2 is 1.94 bits per heavy atom. The molecule has 1 N–H and O–H groups in total. The van der Waals surface area contributed by atoms with E-state index in [-0.39, 0.29) is 11.9 Å². The Hall–Kier alpha value is -3.45. The topological polar surface area (TPSA) is 59.1 Å². The van der Waals surface area contributed by atoms with Crippen molar-refractivity contribution in [3.8, 4) is 28.3 Å². The SMILES string of the molecule is Cc1cc(N2CCC(O)C2)cc2c1-n1ncnc1-c1cc(-c3ccc(F)cc3)cn1C2. The van der Waals surface area contributed by atoms with Crippen molar-refractivity contribution in [3.05, 3.63) is 71.9 Å². The average molecular weight is 415 g/mol. The zero-order chi connectivity index (χ0) is 21.1. The summed E-state index contributed by atoms with van der Waals surface area (Å²) >= 11 is 0. The summed E-state index contributed by atoms with van der Waals surface area (Å²) in [7, 11) is 0. The lowest BCUT2D eigenvalue weighted by atomic mass is 10.1. The van der Waals surface area contributed by atoms with Gasteiger partial charge in [-0.3, -0.25) is 0 Å². The van der Waals surface area contributed by atoms with Crippen LogP contribution in [0.4, 0.5) is 10.1 Å². The van der Waals surface area contributed by atoms with Crippen molar-refractivity contribution >= 4 is 5.69 Å². The maximum atomic E-state index is 13.4. The van der Waals surface area contributed by atoms with E-state index in [0.717, 1.165) is 58.1 Å². The largest absolute Gasteiger partial charge is 0.391 e. The van der Waals surface area contributed by atoms with Crippen LogP contribution >= 0.6 is 0 Å². The molecular formula is C24H22FN5O. The highest BCUT2D eigenvalue weighted by Crippen LogP contribution is 2.36. The number of aliphatic hydroxyl groups excluding tert-OH is 1. The number of β-amino-alcohol motifs (C(OH)–C–C–N with tert-alkyl or cyclic N) is 1. The van der Waals surface area contributed by atoms with Crippen molar-refractivity contribution in [2.75, 3.05) is 18.0 Å². The van der Waals surface area contributed by atoms with Crippen LogP contribution in [0.15, 0.2) is 55.0 Å². The van der Waals surface area contributed by atoms with Gasteiger partial charge in [0, 0.05) is 37.1 Å². The Balaban J connectivity index is 1.49. The molecule has 4 heterocycles. The molecule has 0 radical (unpaired) electrons. The van der Waals surface area contributed by atoms with Crippen molar-refractivity contribution in [3.63, 3.8) is 0 Å². The van der Waals surface area contributed by atoms with Crippen LogP contribution in [0.25, 0.3) is 28.3 Å². The number of halogens is 1. The third-order valence-electron chi connectivity index (χ3n) is 6.30. The molecular weight excluding hydrogens is 393 g/mol. The molecule has 4 aromatic rings. The number of rotatable bonds is 2. The number of benzene rings is 2. The molecule has 0 amide bonds. The first-order valence-corrected chi connectivity index (χ1v) is 10.5.